The van der Waals surface area contributed by atoms with Gasteiger partial charge in [-0.1, -0.05) is 37.3 Å². The lowest BCUT2D eigenvalue weighted by molar-refractivity contribution is 0.413. The summed E-state index contributed by atoms with van der Waals surface area (Å²) in [5.41, 5.74) is 2.90. The van der Waals surface area contributed by atoms with Gasteiger partial charge in [0.2, 0.25) is 0 Å². The van der Waals surface area contributed by atoms with Crippen molar-refractivity contribution >= 4 is 0 Å². The second-order valence-electron chi connectivity index (χ2n) is 5.20. The molecule has 2 nitrogen and oxygen atoms in total. The van der Waals surface area contributed by atoms with Gasteiger partial charge in [0.25, 0.3) is 0 Å². The van der Waals surface area contributed by atoms with E-state index in [-0.39, 0.29) is 5.41 Å². The fourth-order valence-electron chi connectivity index (χ4n) is 3.02. The van der Waals surface area contributed by atoms with Crippen LogP contribution in [-0.2, 0) is 5.41 Å². The highest BCUT2D eigenvalue weighted by Gasteiger charge is 2.40. The smallest absolute Gasteiger partial charge is 0.0416 e. The minimum absolute atomic E-state index is 0.157. The summed E-state index contributed by atoms with van der Waals surface area (Å²) in [6.07, 6.45) is 4.94. The van der Waals surface area contributed by atoms with Crippen molar-refractivity contribution in [2.75, 3.05) is 6.54 Å². The highest BCUT2D eigenvalue weighted by Crippen LogP contribution is 2.43. The Hall–Kier alpha value is -1.67. The van der Waals surface area contributed by atoms with E-state index in [0.29, 0.717) is 6.04 Å². The first-order chi connectivity index (χ1) is 8.81. The molecule has 1 N–H and O–H groups in total. The molecule has 1 aliphatic rings. The lowest BCUT2D eigenvalue weighted by atomic mass is 9.74. The number of aromatic nitrogens is 1. The molecule has 92 valence electrons. The van der Waals surface area contributed by atoms with Gasteiger partial charge < -0.3 is 5.32 Å². The standard InChI is InChI=1S/C16H18N2/c1-16(14-7-10-17-11-8-14)9-12-18-15(16)13-5-3-2-4-6-13/h2-8,10-11,15,18H,9,12H2,1H3. The molecule has 0 bridgehead atoms. The summed E-state index contributed by atoms with van der Waals surface area (Å²) < 4.78 is 0. The molecule has 0 saturated carbocycles. The van der Waals surface area contributed by atoms with Crippen molar-refractivity contribution in [2.45, 2.75) is 24.8 Å². The highest BCUT2D eigenvalue weighted by molar-refractivity contribution is 5.33. The maximum Gasteiger partial charge on any atom is 0.0416 e. The predicted molar refractivity (Wildman–Crippen MR) is 73.4 cm³/mol. The molecule has 2 aromatic rings. The maximum absolute atomic E-state index is 4.13. The molecule has 0 spiro atoms. The molecule has 2 unspecified atom stereocenters. The summed E-state index contributed by atoms with van der Waals surface area (Å²) in [4.78, 5) is 4.13. The van der Waals surface area contributed by atoms with Gasteiger partial charge in [0.1, 0.15) is 0 Å². The van der Waals surface area contributed by atoms with Gasteiger partial charge in [-0.25, -0.2) is 0 Å². The largest absolute Gasteiger partial charge is 0.309 e. The zero-order valence-electron chi connectivity index (χ0n) is 10.6. The van der Waals surface area contributed by atoms with Crippen LogP contribution in [0.1, 0.15) is 30.5 Å². The maximum atomic E-state index is 4.13. The van der Waals surface area contributed by atoms with Gasteiger partial charge in [-0.05, 0) is 36.2 Å². The molecule has 2 heteroatoms. The summed E-state index contributed by atoms with van der Waals surface area (Å²) in [7, 11) is 0. The first-order valence-electron chi connectivity index (χ1n) is 6.49. The molecule has 2 heterocycles. The van der Waals surface area contributed by atoms with E-state index in [1.54, 1.807) is 0 Å². The van der Waals surface area contributed by atoms with Crippen molar-refractivity contribution in [3.05, 3.63) is 66.0 Å². The van der Waals surface area contributed by atoms with Crippen LogP contribution in [0.3, 0.4) is 0 Å². The van der Waals surface area contributed by atoms with Gasteiger partial charge >= 0.3 is 0 Å². The highest BCUT2D eigenvalue weighted by atomic mass is 15.0. The van der Waals surface area contributed by atoms with Gasteiger partial charge in [-0.15, -0.1) is 0 Å². The SMILES string of the molecule is CC1(c2ccncc2)CCNC1c1ccccc1. The van der Waals surface area contributed by atoms with Crippen molar-refractivity contribution in [2.24, 2.45) is 0 Å². The summed E-state index contributed by atoms with van der Waals surface area (Å²) in [6.45, 7) is 3.42. The number of pyridine rings is 1. The van der Waals surface area contributed by atoms with E-state index in [1.807, 2.05) is 12.4 Å². The molecular weight excluding hydrogens is 220 g/mol. The van der Waals surface area contributed by atoms with E-state index in [0.717, 1.165) is 13.0 Å². The molecule has 0 radical (unpaired) electrons. The molecule has 3 rings (SSSR count). The van der Waals surface area contributed by atoms with Crippen LogP contribution in [0.2, 0.25) is 0 Å². The molecule has 0 amide bonds. The second-order valence-corrected chi connectivity index (χ2v) is 5.20. The van der Waals surface area contributed by atoms with Crippen molar-refractivity contribution in [3.8, 4) is 0 Å². The van der Waals surface area contributed by atoms with Crippen LogP contribution < -0.4 is 5.32 Å². The number of nitrogens with zero attached hydrogens (tertiary/aromatic N) is 1. The topological polar surface area (TPSA) is 24.9 Å². The second kappa shape index (κ2) is 4.54. The van der Waals surface area contributed by atoms with Gasteiger partial charge in [-0.3, -0.25) is 4.98 Å². The van der Waals surface area contributed by atoms with Gasteiger partial charge in [0.05, 0.1) is 0 Å². The Morgan fingerprint density at radius 2 is 1.83 bits per heavy atom. The zero-order valence-corrected chi connectivity index (χ0v) is 10.6. The minimum atomic E-state index is 0.157. The van der Waals surface area contributed by atoms with Crippen molar-refractivity contribution in [1.29, 1.82) is 0 Å². The molecule has 1 saturated heterocycles. The zero-order chi connectivity index (χ0) is 12.4. The third-order valence-corrected chi connectivity index (χ3v) is 4.10. The van der Waals surface area contributed by atoms with E-state index in [4.69, 9.17) is 0 Å². The van der Waals surface area contributed by atoms with E-state index in [2.05, 4.69) is 59.7 Å². The average Bonchev–Trinajstić information content (AvgIpc) is 2.84. The summed E-state index contributed by atoms with van der Waals surface area (Å²) in [5.74, 6) is 0. The predicted octanol–water partition coefficient (Wildman–Crippen LogP) is 3.07. The van der Waals surface area contributed by atoms with E-state index >= 15 is 0 Å². The number of hydrogen-bond donors (Lipinski definition) is 1. The Balaban J connectivity index is 2.01. The average molecular weight is 238 g/mol. The fraction of sp³-hybridized carbons (Fsp3) is 0.312. The molecule has 0 aliphatic carbocycles. The quantitative estimate of drug-likeness (QED) is 0.869. The van der Waals surface area contributed by atoms with Crippen LogP contribution in [0, 0.1) is 0 Å². The first-order valence-corrected chi connectivity index (χ1v) is 6.49. The lowest BCUT2D eigenvalue weighted by Crippen LogP contribution is -2.30. The summed E-state index contributed by atoms with van der Waals surface area (Å²) >= 11 is 0. The van der Waals surface area contributed by atoms with Crippen LogP contribution in [-0.4, -0.2) is 11.5 Å². The minimum Gasteiger partial charge on any atom is -0.309 e. The third kappa shape index (κ3) is 1.83. The van der Waals surface area contributed by atoms with Gasteiger partial charge in [-0.2, -0.15) is 0 Å². The molecule has 1 aromatic heterocycles. The summed E-state index contributed by atoms with van der Waals surface area (Å²) in [5, 5.41) is 3.64. The molecule has 2 atom stereocenters. The Labute approximate surface area is 108 Å². The number of benzene rings is 1. The number of hydrogen-bond acceptors (Lipinski definition) is 2. The molecular formula is C16H18N2. The van der Waals surface area contributed by atoms with Crippen LogP contribution in [0.25, 0.3) is 0 Å². The molecule has 18 heavy (non-hydrogen) atoms. The third-order valence-electron chi connectivity index (χ3n) is 4.10. The van der Waals surface area contributed by atoms with Crippen LogP contribution in [0.4, 0.5) is 0 Å². The van der Waals surface area contributed by atoms with Crippen molar-refractivity contribution < 1.29 is 0 Å². The monoisotopic (exact) mass is 238 g/mol. The molecule has 1 fully saturated rings. The van der Waals surface area contributed by atoms with Crippen molar-refractivity contribution in [1.82, 2.24) is 10.3 Å². The molecule has 1 aromatic carbocycles. The van der Waals surface area contributed by atoms with Crippen LogP contribution in [0.15, 0.2) is 54.9 Å². The Morgan fingerprint density at radius 3 is 2.56 bits per heavy atom. The number of nitrogens with one attached hydrogen (secondary N) is 1. The number of rotatable bonds is 2. The molecule has 1 aliphatic heterocycles. The van der Waals surface area contributed by atoms with Crippen molar-refractivity contribution in [3.63, 3.8) is 0 Å². The first kappa shape index (κ1) is 11.4. The Kier molecular flexibility index (Phi) is 2.88. The van der Waals surface area contributed by atoms with Crippen LogP contribution in [0.5, 0.6) is 0 Å². The Morgan fingerprint density at radius 1 is 1.11 bits per heavy atom. The summed E-state index contributed by atoms with van der Waals surface area (Å²) in [6, 6.07) is 15.4. The fourth-order valence-corrected chi connectivity index (χ4v) is 3.02. The lowest BCUT2D eigenvalue weighted by Gasteiger charge is -2.32. The van der Waals surface area contributed by atoms with E-state index < -0.39 is 0 Å². The van der Waals surface area contributed by atoms with Gasteiger partial charge in [0, 0.05) is 23.9 Å². The van der Waals surface area contributed by atoms with Gasteiger partial charge in [0.15, 0.2) is 0 Å². The normalized spacial score (nSPS) is 27.3. The Bertz CT molecular complexity index is 509. The van der Waals surface area contributed by atoms with Crippen LogP contribution >= 0.6 is 0 Å². The van der Waals surface area contributed by atoms with E-state index in [1.165, 1.54) is 11.1 Å². The van der Waals surface area contributed by atoms with E-state index in [9.17, 15) is 0 Å².